The molecule has 2 rings (SSSR count). The Balaban J connectivity index is 2.28. The minimum absolute atomic E-state index is 0.434. The molecule has 0 N–H and O–H groups in total. The summed E-state index contributed by atoms with van der Waals surface area (Å²) in [4.78, 5) is 6.78. The summed E-state index contributed by atoms with van der Waals surface area (Å²) in [5, 5.41) is 4.46. The predicted molar refractivity (Wildman–Crippen MR) is 50.4 cm³/mol. The second-order valence-corrected chi connectivity index (χ2v) is 4.00. The second-order valence-electron chi connectivity index (χ2n) is 4.00. The molecule has 1 aromatic rings. The lowest BCUT2D eigenvalue weighted by molar-refractivity contribution is 0.254. The van der Waals surface area contributed by atoms with Gasteiger partial charge in [-0.1, -0.05) is 13.8 Å². The molecule has 1 aliphatic rings. The molecule has 0 saturated carbocycles. The zero-order valence-electron chi connectivity index (χ0n) is 8.49. The molecular formula is C9H16N4. The quantitative estimate of drug-likeness (QED) is 0.642. The van der Waals surface area contributed by atoms with Crippen molar-refractivity contribution in [2.24, 2.45) is 0 Å². The van der Waals surface area contributed by atoms with E-state index in [1.165, 1.54) is 0 Å². The molecule has 0 unspecified atom stereocenters. The zero-order chi connectivity index (χ0) is 9.42. The minimum Gasteiger partial charge on any atom is -0.297 e. The van der Waals surface area contributed by atoms with E-state index in [0.29, 0.717) is 5.92 Å². The molecule has 1 aliphatic heterocycles. The van der Waals surface area contributed by atoms with Crippen molar-refractivity contribution < 1.29 is 0 Å². The highest BCUT2D eigenvalue weighted by atomic mass is 15.4. The van der Waals surface area contributed by atoms with E-state index in [0.717, 1.165) is 31.3 Å². The SMILES string of the molecule is CC(C)c1nc2n(n1)CCN(C)C2. The molecule has 0 atom stereocenters. The van der Waals surface area contributed by atoms with Gasteiger partial charge in [-0.3, -0.25) is 4.90 Å². The maximum Gasteiger partial charge on any atom is 0.153 e. The predicted octanol–water partition coefficient (Wildman–Crippen LogP) is 0.847. The van der Waals surface area contributed by atoms with Crippen LogP contribution in [-0.4, -0.2) is 33.3 Å². The molecule has 72 valence electrons. The van der Waals surface area contributed by atoms with Gasteiger partial charge in [-0.25, -0.2) is 9.67 Å². The molecule has 0 amide bonds. The summed E-state index contributed by atoms with van der Waals surface area (Å²) in [7, 11) is 2.12. The largest absolute Gasteiger partial charge is 0.297 e. The fraction of sp³-hybridized carbons (Fsp3) is 0.778. The smallest absolute Gasteiger partial charge is 0.153 e. The van der Waals surface area contributed by atoms with Crippen LogP contribution in [0.3, 0.4) is 0 Å². The fourth-order valence-corrected chi connectivity index (χ4v) is 1.52. The third-order valence-electron chi connectivity index (χ3n) is 2.39. The standard InChI is InChI=1S/C9H16N4/c1-7(2)9-10-8-6-12(3)4-5-13(8)11-9/h7H,4-6H2,1-3H3. The average molecular weight is 180 g/mol. The van der Waals surface area contributed by atoms with Gasteiger partial charge in [0.2, 0.25) is 0 Å². The van der Waals surface area contributed by atoms with Gasteiger partial charge in [0.1, 0.15) is 5.82 Å². The number of hydrogen-bond donors (Lipinski definition) is 0. The van der Waals surface area contributed by atoms with Crippen LogP contribution in [0.2, 0.25) is 0 Å². The first-order valence-electron chi connectivity index (χ1n) is 4.79. The van der Waals surface area contributed by atoms with Crippen molar-refractivity contribution in [2.45, 2.75) is 32.9 Å². The highest BCUT2D eigenvalue weighted by Gasteiger charge is 2.17. The van der Waals surface area contributed by atoms with Gasteiger partial charge in [0.25, 0.3) is 0 Å². The van der Waals surface area contributed by atoms with E-state index in [2.05, 4.69) is 35.9 Å². The molecule has 0 aliphatic carbocycles. The maximum absolute atomic E-state index is 4.51. The lowest BCUT2D eigenvalue weighted by atomic mass is 10.2. The van der Waals surface area contributed by atoms with Gasteiger partial charge in [-0.15, -0.1) is 0 Å². The van der Waals surface area contributed by atoms with Gasteiger partial charge in [0, 0.05) is 12.5 Å². The molecule has 4 nitrogen and oxygen atoms in total. The fourth-order valence-electron chi connectivity index (χ4n) is 1.52. The molecule has 0 fully saturated rings. The van der Waals surface area contributed by atoms with Crippen molar-refractivity contribution in [1.82, 2.24) is 19.7 Å². The van der Waals surface area contributed by atoms with Crippen molar-refractivity contribution in [3.8, 4) is 0 Å². The summed E-state index contributed by atoms with van der Waals surface area (Å²) in [5.41, 5.74) is 0. The Labute approximate surface area is 78.6 Å². The highest BCUT2D eigenvalue weighted by molar-refractivity contribution is 4.98. The van der Waals surface area contributed by atoms with Gasteiger partial charge in [0.05, 0.1) is 13.1 Å². The van der Waals surface area contributed by atoms with Crippen LogP contribution in [0, 0.1) is 0 Å². The van der Waals surface area contributed by atoms with Crippen molar-refractivity contribution in [3.05, 3.63) is 11.6 Å². The Kier molecular flexibility index (Phi) is 2.07. The number of hydrogen-bond acceptors (Lipinski definition) is 3. The van der Waals surface area contributed by atoms with Crippen molar-refractivity contribution >= 4 is 0 Å². The number of fused-ring (bicyclic) bond motifs is 1. The van der Waals surface area contributed by atoms with Crippen LogP contribution in [0.25, 0.3) is 0 Å². The van der Waals surface area contributed by atoms with E-state index in [-0.39, 0.29) is 0 Å². The van der Waals surface area contributed by atoms with Crippen molar-refractivity contribution in [1.29, 1.82) is 0 Å². The third-order valence-corrected chi connectivity index (χ3v) is 2.39. The van der Waals surface area contributed by atoms with Crippen LogP contribution >= 0.6 is 0 Å². The normalized spacial score (nSPS) is 17.8. The summed E-state index contributed by atoms with van der Waals surface area (Å²) in [5.74, 6) is 2.52. The molecule has 13 heavy (non-hydrogen) atoms. The van der Waals surface area contributed by atoms with Crippen LogP contribution in [0.4, 0.5) is 0 Å². The van der Waals surface area contributed by atoms with Crippen LogP contribution in [0.15, 0.2) is 0 Å². The Bertz CT molecular complexity index is 303. The van der Waals surface area contributed by atoms with E-state index in [4.69, 9.17) is 0 Å². The van der Waals surface area contributed by atoms with Crippen LogP contribution in [0.1, 0.15) is 31.4 Å². The number of likely N-dealkylation sites (N-methyl/N-ethyl adjacent to an activating group) is 1. The summed E-state index contributed by atoms with van der Waals surface area (Å²) in [6.45, 7) is 7.25. The van der Waals surface area contributed by atoms with E-state index < -0.39 is 0 Å². The Morgan fingerprint density at radius 3 is 2.77 bits per heavy atom. The number of aromatic nitrogens is 3. The van der Waals surface area contributed by atoms with Crippen molar-refractivity contribution in [3.63, 3.8) is 0 Å². The first-order chi connectivity index (χ1) is 6.16. The Hall–Kier alpha value is -0.900. The maximum atomic E-state index is 4.51. The van der Waals surface area contributed by atoms with Crippen molar-refractivity contribution in [2.75, 3.05) is 13.6 Å². The molecule has 0 aromatic carbocycles. The first kappa shape index (κ1) is 8.69. The molecule has 0 saturated heterocycles. The van der Waals surface area contributed by atoms with Gasteiger partial charge < -0.3 is 0 Å². The Morgan fingerprint density at radius 2 is 2.08 bits per heavy atom. The minimum atomic E-state index is 0.434. The Morgan fingerprint density at radius 1 is 1.31 bits per heavy atom. The summed E-state index contributed by atoms with van der Waals surface area (Å²) in [6.07, 6.45) is 0. The summed E-state index contributed by atoms with van der Waals surface area (Å²) < 4.78 is 2.04. The molecule has 0 bridgehead atoms. The molecular weight excluding hydrogens is 164 g/mol. The lowest BCUT2D eigenvalue weighted by Gasteiger charge is -2.21. The van der Waals surface area contributed by atoms with E-state index in [1.807, 2.05) is 4.68 Å². The highest BCUT2D eigenvalue weighted by Crippen LogP contribution is 2.13. The molecule has 4 heteroatoms. The molecule has 0 spiro atoms. The third kappa shape index (κ3) is 1.58. The van der Waals surface area contributed by atoms with Gasteiger partial charge in [-0.2, -0.15) is 5.10 Å². The lowest BCUT2D eigenvalue weighted by Crippen LogP contribution is -2.30. The van der Waals surface area contributed by atoms with E-state index in [1.54, 1.807) is 0 Å². The second kappa shape index (κ2) is 3.10. The first-order valence-corrected chi connectivity index (χ1v) is 4.79. The average Bonchev–Trinajstić information content (AvgIpc) is 2.46. The van der Waals surface area contributed by atoms with Crippen LogP contribution < -0.4 is 0 Å². The monoisotopic (exact) mass is 180 g/mol. The van der Waals surface area contributed by atoms with E-state index in [9.17, 15) is 0 Å². The van der Waals surface area contributed by atoms with Crippen LogP contribution in [-0.2, 0) is 13.1 Å². The summed E-state index contributed by atoms with van der Waals surface area (Å²) >= 11 is 0. The summed E-state index contributed by atoms with van der Waals surface area (Å²) in [6, 6.07) is 0. The number of nitrogens with zero attached hydrogens (tertiary/aromatic N) is 4. The van der Waals surface area contributed by atoms with Gasteiger partial charge in [-0.05, 0) is 7.05 Å². The molecule has 1 aromatic heterocycles. The van der Waals surface area contributed by atoms with E-state index >= 15 is 0 Å². The van der Waals surface area contributed by atoms with Gasteiger partial charge in [0.15, 0.2) is 5.82 Å². The van der Waals surface area contributed by atoms with Gasteiger partial charge >= 0.3 is 0 Å². The molecule has 2 heterocycles. The number of rotatable bonds is 1. The van der Waals surface area contributed by atoms with Crippen LogP contribution in [0.5, 0.6) is 0 Å². The molecule has 0 radical (unpaired) electrons. The topological polar surface area (TPSA) is 34.0 Å². The zero-order valence-corrected chi connectivity index (χ0v) is 8.49.